The number of carbonyl (C=O) groups excluding carboxylic acids is 2. The topological polar surface area (TPSA) is 169 Å². The monoisotopic (exact) mass is 896 g/mol. The van der Waals surface area contributed by atoms with Crippen molar-refractivity contribution in [3.8, 4) is 0 Å². The van der Waals surface area contributed by atoms with E-state index in [2.05, 4.69) is 67.8 Å². The third-order valence-corrected chi connectivity index (χ3v) is 11.5. The molecule has 0 heterocycles. The number of aliphatic hydroxyl groups excluding tert-OH is 1. The van der Waals surface area contributed by atoms with Gasteiger partial charge < -0.3 is 25.2 Å². The second kappa shape index (κ2) is 45.0. The van der Waals surface area contributed by atoms with Gasteiger partial charge in [-0.3, -0.25) is 18.6 Å². The van der Waals surface area contributed by atoms with Gasteiger partial charge in [-0.1, -0.05) is 178 Å². The van der Waals surface area contributed by atoms with Gasteiger partial charge in [0.25, 0.3) is 0 Å². The molecule has 0 bridgehead atoms. The van der Waals surface area contributed by atoms with Crippen LogP contribution in [0, 0.1) is 0 Å². The Bertz CT molecular complexity index is 1240. The molecule has 0 aromatic carbocycles. The highest BCUT2D eigenvalue weighted by molar-refractivity contribution is 7.47. The van der Waals surface area contributed by atoms with Gasteiger partial charge in [-0.05, 0) is 77.0 Å². The molecule has 0 aliphatic carbocycles. The molecule has 0 saturated carbocycles. The molecular formula is C50H90NO10P. The van der Waals surface area contributed by atoms with Gasteiger partial charge in [0.2, 0.25) is 5.91 Å². The number of hydrogen-bond acceptors (Lipinski definition) is 8. The summed E-state index contributed by atoms with van der Waals surface area (Å²) in [5.74, 6) is -2.38. The maximum Gasteiger partial charge on any atom is 0.472 e. The summed E-state index contributed by atoms with van der Waals surface area (Å²) in [5.41, 5.74) is 0. The van der Waals surface area contributed by atoms with Crippen molar-refractivity contribution in [1.82, 2.24) is 5.32 Å². The van der Waals surface area contributed by atoms with Crippen molar-refractivity contribution in [2.75, 3.05) is 19.8 Å². The number of carboxylic acid groups (broad SMARTS) is 1. The first-order chi connectivity index (χ1) is 30.1. The summed E-state index contributed by atoms with van der Waals surface area (Å²) in [5, 5.41) is 21.9. The van der Waals surface area contributed by atoms with Gasteiger partial charge in [0.15, 0.2) is 6.04 Å². The molecule has 0 spiro atoms. The molecule has 0 aliphatic rings. The van der Waals surface area contributed by atoms with E-state index in [1.165, 1.54) is 109 Å². The Morgan fingerprint density at radius 1 is 0.516 bits per heavy atom. The van der Waals surface area contributed by atoms with Crippen LogP contribution in [0.3, 0.4) is 0 Å². The molecule has 11 nitrogen and oxygen atoms in total. The Kier molecular flexibility index (Phi) is 43.2. The smallest absolute Gasteiger partial charge is 0.472 e. The molecule has 62 heavy (non-hydrogen) atoms. The van der Waals surface area contributed by atoms with E-state index in [-0.39, 0.29) is 12.8 Å². The molecule has 0 fully saturated rings. The molecule has 3 atom stereocenters. The molecule has 0 aromatic rings. The van der Waals surface area contributed by atoms with E-state index in [9.17, 15) is 34.1 Å². The lowest BCUT2D eigenvalue weighted by atomic mass is 10.1. The summed E-state index contributed by atoms with van der Waals surface area (Å²) >= 11 is 0. The molecular weight excluding hydrogens is 806 g/mol. The van der Waals surface area contributed by atoms with Crippen LogP contribution in [-0.2, 0) is 32.7 Å². The van der Waals surface area contributed by atoms with E-state index >= 15 is 0 Å². The number of amides is 1. The Balaban J connectivity index is 3.86. The van der Waals surface area contributed by atoms with Crippen LogP contribution in [0.5, 0.6) is 0 Å². The van der Waals surface area contributed by atoms with Crippen LogP contribution < -0.4 is 5.32 Å². The van der Waals surface area contributed by atoms with Crippen molar-refractivity contribution < 1.29 is 47.8 Å². The SMILES string of the molecule is CCCCC/C=C\C/C=C\CCCCCCCCCCCC(=O)NC(COP(=O)(O)OCC(O)COC(=O)CCCCCCCCCCC/C=C\C/C=C\CCCCC)C(=O)O. The molecule has 360 valence electrons. The zero-order chi connectivity index (χ0) is 45.6. The van der Waals surface area contributed by atoms with Gasteiger partial charge in [0, 0.05) is 12.8 Å². The van der Waals surface area contributed by atoms with E-state index in [4.69, 9.17) is 13.8 Å². The van der Waals surface area contributed by atoms with Crippen molar-refractivity contribution in [2.24, 2.45) is 0 Å². The van der Waals surface area contributed by atoms with Gasteiger partial charge in [-0.15, -0.1) is 0 Å². The van der Waals surface area contributed by atoms with Crippen LogP contribution in [0.4, 0.5) is 0 Å². The predicted molar refractivity (Wildman–Crippen MR) is 254 cm³/mol. The second-order valence-electron chi connectivity index (χ2n) is 16.6. The van der Waals surface area contributed by atoms with E-state index in [1.54, 1.807) is 0 Å². The van der Waals surface area contributed by atoms with E-state index in [1.807, 2.05) is 0 Å². The summed E-state index contributed by atoms with van der Waals surface area (Å²) in [6, 6.07) is -1.55. The van der Waals surface area contributed by atoms with Crippen molar-refractivity contribution in [1.29, 1.82) is 0 Å². The predicted octanol–water partition coefficient (Wildman–Crippen LogP) is 13.3. The van der Waals surface area contributed by atoms with Crippen LogP contribution in [0.2, 0.25) is 0 Å². The third-order valence-electron chi connectivity index (χ3n) is 10.6. The summed E-state index contributed by atoms with van der Waals surface area (Å²) in [4.78, 5) is 46.1. The average molecular weight is 896 g/mol. The fourth-order valence-electron chi connectivity index (χ4n) is 6.73. The van der Waals surface area contributed by atoms with Crippen LogP contribution in [0.1, 0.15) is 219 Å². The van der Waals surface area contributed by atoms with Crippen molar-refractivity contribution in [3.63, 3.8) is 0 Å². The zero-order valence-electron chi connectivity index (χ0n) is 39.2. The summed E-state index contributed by atoms with van der Waals surface area (Å²) in [6.45, 7) is 2.56. The Morgan fingerprint density at radius 3 is 1.31 bits per heavy atom. The van der Waals surface area contributed by atoms with Crippen molar-refractivity contribution >= 4 is 25.7 Å². The summed E-state index contributed by atoms with van der Waals surface area (Å²) in [7, 11) is -4.76. The zero-order valence-corrected chi connectivity index (χ0v) is 40.1. The minimum atomic E-state index is -4.76. The normalized spacial score (nSPS) is 14.0. The molecule has 0 rings (SSSR count). The first kappa shape index (κ1) is 59.4. The first-order valence-corrected chi connectivity index (χ1v) is 26.2. The second-order valence-corrected chi connectivity index (χ2v) is 18.1. The van der Waals surface area contributed by atoms with E-state index < -0.39 is 57.6 Å². The number of allylic oxidation sites excluding steroid dienone is 8. The highest BCUT2D eigenvalue weighted by Crippen LogP contribution is 2.43. The maximum atomic E-state index is 12.4. The molecule has 0 saturated heterocycles. The number of unbranched alkanes of at least 4 members (excludes halogenated alkanes) is 24. The van der Waals surface area contributed by atoms with Crippen molar-refractivity contribution in [3.05, 3.63) is 48.6 Å². The Hall–Kier alpha value is -2.56. The fourth-order valence-corrected chi connectivity index (χ4v) is 7.50. The number of nitrogens with one attached hydrogen (secondary N) is 1. The molecule has 0 aromatic heterocycles. The molecule has 4 N–H and O–H groups in total. The maximum absolute atomic E-state index is 12.4. The van der Waals surface area contributed by atoms with Gasteiger partial charge in [0.05, 0.1) is 13.2 Å². The van der Waals surface area contributed by atoms with Gasteiger partial charge >= 0.3 is 19.8 Å². The molecule has 0 radical (unpaired) electrons. The lowest BCUT2D eigenvalue weighted by Gasteiger charge is -2.18. The lowest BCUT2D eigenvalue weighted by molar-refractivity contribution is -0.147. The number of hydrogen-bond donors (Lipinski definition) is 4. The van der Waals surface area contributed by atoms with Gasteiger partial charge in [0.1, 0.15) is 12.7 Å². The standard InChI is InChI=1S/C50H90NO10P/c1-3-5-7-9-11-13-15-17-19-21-23-25-27-29-31-33-35-37-39-41-48(53)51-47(50(55)56)45-61-62(57,58)60-44-46(52)43-59-49(54)42-40-38-36-34-32-30-28-26-24-22-20-18-16-14-12-10-8-6-4-2/h11-14,17-20,46-47,52H,3-10,15-16,21-45H2,1-2H3,(H,51,53)(H,55,56)(H,57,58)/b13-11-,14-12-,19-17-,20-18-. The van der Waals surface area contributed by atoms with Crippen LogP contribution in [0.15, 0.2) is 48.6 Å². The number of aliphatic carboxylic acids is 1. The number of ether oxygens (including phenoxy) is 1. The molecule has 0 aliphatic heterocycles. The lowest BCUT2D eigenvalue weighted by Crippen LogP contribution is -2.43. The quantitative estimate of drug-likeness (QED) is 0.0200. The third kappa shape index (κ3) is 44.1. The van der Waals surface area contributed by atoms with Crippen LogP contribution in [0.25, 0.3) is 0 Å². The highest BCUT2D eigenvalue weighted by atomic mass is 31.2. The number of phosphoric acid groups is 1. The Morgan fingerprint density at radius 2 is 0.887 bits per heavy atom. The fraction of sp³-hybridized carbons (Fsp3) is 0.780. The average Bonchev–Trinajstić information content (AvgIpc) is 3.25. The number of esters is 1. The highest BCUT2D eigenvalue weighted by Gasteiger charge is 2.28. The number of rotatable bonds is 46. The van der Waals surface area contributed by atoms with Crippen LogP contribution in [-0.4, -0.2) is 64.9 Å². The number of carboxylic acids is 1. The summed E-state index contributed by atoms with van der Waals surface area (Å²) in [6.07, 6.45) is 51.2. The van der Waals surface area contributed by atoms with Gasteiger partial charge in [-0.25, -0.2) is 9.36 Å². The molecule has 12 heteroatoms. The van der Waals surface area contributed by atoms with Crippen LogP contribution >= 0.6 is 7.82 Å². The number of phosphoric ester groups is 1. The largest absolute Gasteiger partial charge is 0.480 e. The summed E-state index contributed by atoms with van der Waals surface area (Å²) < 4.78 is 26.9. The number of aliphatic hydroxyl groups is 1. The molecule has 3 unspecified atom stereocenters. The van der Waals surface area contributed by atoms with E-state index in [0.717, 1.165) is 70.6 Å². The number of carbonyl (C=O) groups is 3. The van der Waals surface area contributed by atoms with Gasteiger partial charge in [-0.2, -0.15) is 0 Å². The minimum absolute atomic E-state index is 0.140. The van der Waals surface area contributed by atoms with Crippen molar-refractivity contribution in [2.45, 2.75) is 231 Å². The first-order valence-electron chi connectivity index (χ1n) is 24.7. The Labute approximate surface area is 377 Å². The minimum Gasteiger partial charge on any atom is -0.480 e. The molecule has 1 amide bonds. The van der Waals surface area contributed by atoms with E-state index in [0.29, 0.717) is 12.8 Å².